The predicted octanol–water partition coefficient (Wildman–Crippen LogP) is -0.507. The third kappa shape index (κ3) is 1.54. The summed E-state index contributed by atoms with van der Waals surface area (Å²) >= 11 is 0. The van der Waals surface area contributed by atoms with E-state index in [4.69, 9.17) is 0 Å². The first kappa shape index (κ1) is 6.13. The van der Waals surface area contributed by atoms with Gasteiger partial charge in [-0.05, 0) is 6.07 Å². The van der Waals surface area contributed by atoms with Crippen molar-refractivity contribution in [1.82, 2.24) is 10.2 Å². The first-order chi connectivity index (χ1) is 2.50. The number of hydrogen-bond donors (Lipinski definition) is 1. The van der Waals surface area contributed by atoms with E-state index >= 15 is 0 Å². The van der Waals surface area contributed by atoms with E-state index in [1.807, 2.05) is 6.07 Å². The Morgan fingerprint density at radius 2 is 2.33 bits per heavy atom. The second-order valence-corrected chi connectivity index (χ2v) is 0.766. The largest absolute Gasteiger partial charge is 0.286 e. The summed E-state index contributed by atoms with van der Waals surface area (Å²) in [6.07, 6.45) is 3.46. The van der Waals surface area contributed by atoms with Crippen LogP contribution in [0.5, 0.6) is 0 Å². The maximum absolute atomic E-state index is 3.60. The maximum atomic E-state index is 3.60. The van der Waals surface area contributed by atoms with Gasteiger partial charge in [0.2, 0.25) is 0 Å². The van der Waals surface area contributed by atoms with Crippen LogP contribution in [-0.2, 0) is 0 Å². The molecule has 32 valence electrons. The number of aromatic nitrogens is 2. The van der Waals surface area contributed by atoms with Gasteiger partial charge < -0.3 is 0 Å². The molecule has 6 heavy (non-hydrogen) atoms. The SMILES string of the molecule is [PbH2].c1cn[nH]c1. The van der Waals surface area contributed by atoms with Crippen molar-refractivity contribution in [1.29, 1.82) is 0 Å². The molecule has 0 saturated heterocycles. The molecule has 1 N–H and O–H groups in total. The fraction of sp³-hybridized carbons (Fsp3) is 0. The Balaban J connectivity index is 0.000000250. The van der Waals surface area contributed by atoms with Gasteiger partial charge in [0, 0.05) is 12.4 Å². The summed E-state index contributed by atoms with van der Waals surface area (Å²) in [4.78, 5) is 0. The first-order valence-electron chi connectivity index (χ1n) is 1.44. The molecule has 2 radical (unpaired) electrons. The van der Waals surface area contributed by atoms with Crippen LogP contribution < -0.4 is 0 Å². The monoisotopic (exact) mass is 278 g/mol. The van der Waals surface area contributed by atoms with Gasteiger partial charge in [0.05, 0.1) is 0 Å². The molecule has 1 aromatic heterocycles. The third-order valence-corrected chi connectivity index (χ3v) is 0.406. The molecule has 0 aliphatic rings. The average molecular weight is 277 g/mol. The van der Waals surface area contributed by atoms with Crippen molar-refractivity contribution in [2.24, 2.45) is 0 Å². The number of rotatable bonds is 0. The molecule has 0 fully saturated rings. The van der Waals surface area contributed by atoms with Gasteiger partial charge in [-0.15, -0.1) is 0 Å². The van der Waals surface area contributed by atoms with Gasteiger partial charge in [-0.3, -0.25) is 5.10 Å². The van der Waals surface area contributed by atoms with Crippen molar-refractivity contribution in [2.75, 3.05) is 0 Å². The Morgan fingerprint density at radius 3 is 2.50 bits per heavy atom. The average Bonchev–Trinajstić information content (AvgIpc) is 1.76. The summed E-state index contributed by atoms with van der Waals surface area (Å²) in [6, 6.07) is 1.83. The molecule has 2 nitrogen and oxygen atoms in total. The van der Waals surface area contributed by atoms with Crippen molar-refractivity contribution in [3.8, 4) is 0 Å². The van der Waals surface area contributed by atoms with Crippen LogP contribution in [0.1, 0.15) is 0 Å². The van der Waals surface area contributed by atoms with Gasteiger partial charge >= 0.3 is 27.3 Å². The van der Waals surface area contributed by atoms with Crippen LogP contribution >= 0.6 is 0 Å². The molecule has 3 heteroatoms. The Hall–Kier alpha value is 0.132. The Labute approximate surface area is 56.1 Å². The fourth-order valence-corrected chi connectivity index (χ4v) is 0.215. The number of H-pyrrole nitrogens is 1. The maximum Gasteiger partial charge on any atom is 0.0487 e. The second kappa shape index (κ2) is 3.33. The fourth-order valence-electron chi connectivity index (χ4n) is 0.215. The molecule has 0 spiro atoms. The number of nitrogens with zero attached hydrogens (tertiary/aromatic N) is 1. The number of nitrogens with one attached hydrogen (secondary N) is 1. The number of aromatic amines is 1. The zero-order valence-corrected chi connectivity index (χ0v) is 8.88. The molecule has 0 aromatic carbocycles. The molecule has 1 rings (SSSR count). The Bertz CT molecular complexity index is 65.3. The second-order valence-electron chi connectivity index (χ2n) is 0.766. The van der Waals surface area contributed by atoms with Gasteiger partial charge in [-0.1, -0.05) is 0 Å². The van der Waals surface area contributed by atoms with Crippen molar-refractivity contribution in [3.05, 3.63) is 18.5 Å². The number of hydrogen-bond acceptors (Lipinski definition) is 1. The third-order valence-electron chi connectivity index (χ3n) is 0.406. The summed E-state index contributed by atoms with van der Waals surface area (Å²) in [6.45, 7) is 0. The van der Waals surface area contributed by atoms with Crippen LogP contribution in [0.2, 0.25) is 0 Å². The molecule has 0 amide bonds. The zero-order valence-electron chi connectivity index (χ0n) is 3.39. The Morgan fingerprint density at radius 1 is 1.50 bits per heavy atom. The first-order valence-corrected chi connectivity index (χ1v) is 1.44. The van der Waals surface area contributed by atoms with Crippen molar-refractivity contribution >= 4 is 27.3 Å². The van der Waals surface area contributed by atoms with Crippen molar-refractivity contribution < 1.29 is 0 Å². The normalized spacial score (nSPS) is 6.67. The van der Waals surface area contributed by atoms with E-state index in [1.54, 1.807) is 12.4 Å². The molecular formula is C3H6N2Pb. The van der Waals surface area contributed by atoms with Gasteiger partial charge in [-0.25, -0.2) is 0 Å². The van der Waals surface area contributed by atoms with Gasteiger partial charge in [0.15, 0.2) is 0 Å². The van der Waals surface area contributed by atoms with Crippen LogP contribution in [0.3, 0.4) is 0 Å². The van der Waals surface area contributed by atoms with Crippen LogP contribution in [-0.4, -0.2) is 37.5 Å². The molecule has 0 atom stereocenters. The summed E-state index contributed by atoms with van der Waals surface area (Å²) in [5, 5.41) is 6.21. The molecule has 0 unspecified atom stereocenters. The minimum atomic E-state index is 0. The zero-order chi connectivity index (χ0) is 3.54. The van der Waals surface area contributed by atoms with Gasteiger partial charge in [0.25, 0.3) is 0 Å². The summed E-state index contributed by atoms with van der Waals surface area (Å²) in [5.41, 5.74) is 0. The molecule has 0 bridgehead atoms. The Kier molecular flexibility index (Phi) is 3.40. The van der Waals surface area contributed by atoms with Gasteiger partial charge in [-0.2, -0.15) is 5.10 Å². The van der Waals surface area contributed by atoms with E-state index < -0.39 is 0 Å². The summed E-state index contributed by atoms with van der Waals surface area (Å²) < 4.78 is 0. The van der Waals surface area contributed by atoms with Crippen molar-refractivity contribution in [3.63, 3.8) is 0 Å². The summed E-state index contributed by atoms with van der Waals surface area (Å²) in [5.74, 6) is 0. The van der Waals surface area contributed by atoms with Crippen molar-refractivity contribution in [2.45, 2.75) is 0 Å². The van der Waals surface area contributed by atoms with E-state index in [1.165, 1.54) is 0 Å². The smallest absolute Gasteiger partial charge is 0.0487 e. The molecule has 1 aromatic rings. The standard InChI is InChI=1S/C3H4N2.Pb.2H/c1-2-4-5-3-1;;;/h1-3H,(H,4,5);;;. The van der Waals surface area contributed by atoms with Crippen LogP contribution in [0.25, 0.3) is 0 Å². The summed E-state index contributed by atoms with van der Waals surface area (Å²) in [7, 11) is 0. The minimum absolute atomic E-state index is 0. The molecule has 0 aliphatic carbocycles. The van der Waals surface area contributed by atoms with E-state index in [2.05, 4.69) is 10.2 Å². The molecule has 0 saturated carbocycles. The molecular weight excluding hydrogens is 271 g/mol. The van der Waals surface area contributed by atoms with E-state index in [0.717, 1.165) is 0 Å². The van der Waals surface area contributed by atoms with E-state index in [-0.39, 0.29) is 27.3 Å². The predicted molar refractivity (Wildman–Crippen MR) is 27.1 cm³/mol. The minimum Gasteiger partial charge on any atom is -0.286 e. The van der Waals surface area contributed by atoms with Crippen LogP contribution in [0.4, 0.5) is 0 Å². The van der Waals surface area contributed by atoms with Gasteiger partial charge in [0.1, 0.15) is 0 Å². The molecule has 1 heterocycles. The topological polar surface area (TPSA) is 28.7 Å². The van der Waals surface area contributed by atoms with E-state index in [0.29, 0.717) is 0 Å². The van der Waals surface area contributed by atoms with Crippen LogP contribution in [0, 0.1) is 0 Å². The van der Waals surface area contributed by atoms with E-state index in [9.17, 15) is 0 Å². The quantitative estimate of drug-likeness (QED) is 0.636. The molecule has 0 aliphatic heterocycles. The van der Waals surface area contributed by atoms with Crippen LogP contribution in [0.15, 0.2) is 18.5 Å².